The van der Waals surface area contributed by atoms with Crippen LogP contribution >= 0.6 is 0 Å². The zero-order valence-electron chi connectivity index (χ0n) is 12.6. The van der Waals surface area contributed by atoms with Crippen LogP contribution in [-0.2, 0) is 14.4 Å². The maximum absolute atomic E-state index is 12.1. The Hall–Kier alpha value is -1.63. The Morgan fingerprint density at radius 3 is 2.20 bits per heavy atom. The smallest absolute Gasteiger partial charge is 0.242 e. The first-order valence-electron chi connectivity index (χ1n) is 6.62. The van der Waals surface area contributed by atoms with E-state index in [0.29, 0.717) is 6.42 Å². The lowest BCUT2D eigenvalue weighted by Crippen LogP contribution is -2.50. The number of hydrogen-bond acceptors (Lipinski definition) is 4. The second kappa shape index (κ2) is 8.52. The van der Waals surface area contributed by atoms with E-state index in [9.17, 15) is 14.4 Å². The molecule has 0 aromatic heterocycles. The van der Waals surface area contributed by atoms with Gasteiger partial charge in [0.2, 0.25) is 17.7 Å². The van der Waals surface area contributed by atoms with E-state index in [4.69, 9.17) is 5.11 Å². The SMILES string of the molecule is CNC(=O)CCC(NC(=O)C(C)(C)CCO)C(=O)NC. The van der Waals surface area contributed by atoms with Crippen LogP contribution in [0.1, 0.15) is 33.1 Å². The molecule has 0 heterocycles. The van der Waals surface area contributed by atoms with Crippen LogP contribution in [0.3, 0.4) is 0 Å². The molecule has 0 aliphatic heterocycles. The number of rotatable bonds is 8. The van der Waals surface area contributed by atoms with Crippen molar-refractivity contribution in [1.82, 2.24) is 16.0 Å². The third-order valence-electron chi connectivity index (χ3n) is 3.16. The highest BCUT2D eigenvalue weighted by atomic mass is 16.3. The van der Waals surface area contributed by atoms with Crippen LogP contribution < -0.4 is 16.0 Å². The highest BCUT2D eigenvalue weighted by Crippen LogP contribution is 2.20. The topological polar surface area (TPSA) is 108 Å². The van der Waals surface area contributed by atoms with Gasteiger partial charge in [0, 0.05) is 32.5 Å². The fraction of sp³-hybridized carbons (Fsp3) is 0.769. The Morgan fingerprint density at radius 2 is 1.75 bits per heavy atom. The van der Waals surface area contributed by atoms with E-state index < -0.39 is 11.5 Å². The molecule has 1 atom stereocenters. The minimum atomic E-state index is -0.770. The Morgan fingerprint density at radius 1 is 1.15 bits per heavy atom. The van der Waals surface area contributed by atoms with Crippen LogP contribution in [0.15, 0.2) is 0 Å². The molecule has 0 spiro atoms. The molecule has 0 aliphatic rings. The monoisotopic (exact) mass is 287 g/mol. The molecule has 20 heavy (non-hydrogen) atoms. The molecular formula is C13H25N3O4. The average molecular weight is 287 g/mol. The molecule has 0 saturated heterocycles. The molecule has 0 fully saturated rings. The van der Waals surface area contributed by atoms with Gasteiger partial charge in [-0.15, -0.1) is 0 Å². The maximum Gasteiger partial charge on any atom is 0.242 e. The van der Waals surface area contributed by atoms with E-state index in [0.717, 1.165) is 0 Å². The van der Waals surface area contributed by atoms with Crippen molar-refractivity contribution < 1.29 is 19.5 Å². The number of nitrogens with one attached hydrogen (secondary N) is 3. The van der Waals surface area contributed by atoms with E-state index in [2.05, 4.69) is 16.0 Å². The molecular weight excluding hydrogens is 262 g/mol. The summed E-state index contributed by atoms with van der Waals surface area (Å²) in [6.07, 6.45) is 0.671. The lowest BCUT2D eigenvalue weighted by atomic mass is 9.88. The van der Waals surface area contributed by atoms with Gasteiger partial charge in [0.05, 0.1) is 0 Å². The second-order valence-corrected chi connectivity index (χ2v) is 5.21. The number of carbonyl (C=O) groups excluding carboxylic acids is 3. The molecule has 0 aliphatic carbocycles. The lowest BCUT2D eigenvalue weighted by molar-refractivity contribution is -0.135. The summed E-state index contributed by atoms with van der Waals surface area (Å²) in [5, 5.41) is 16.5. The van der Waals surface area contributed by atoms with Gasteiger partial charge in [-0.1, -0.05) is 13.8 Å². The summed E-state index contributed by atoms with van der Waals surface area (Å²) in [4.78, 5) is 35.0. The van der Waals surface area contributed by atoms with Crippen molar-refractivity contribution in [1.29, 1.82) is 0 Å². The maximum atomic E-state index is 12.1. The Labute approximate surface area is 119 Å². The standard InChI is InChI=1S/C13H25N3O4/c1-13(2,7-8-17)12(20)16-9(11(19)15-4)5-6-10(18)14-3/h9,17H,5-8H2,1-4H3,(H,14,18)(H,15,19)(H,16,20). The van der Waals surface area contributed by atoms with Gasteiger partial charge < -0.3 is 21.1 Å². The average Bonchev–Trinajstić information content (AvgIpc) is 2.41. The van der Waals surface area contributed by atoms with E-state index in [1.165, 1.54) is 14.1 Å². The number of carbonyl (C=O) groups is 3. The van der Waals surface area contributed by atoms with Crippen molar-refractivity contribution in [2.45, 2.75) is 39.2 Å². The summed E-state index contributed by atoms with van der Waals surface area (Å²) in [6.45, 7) is 3.28. The zero-order valence-corrected chi connectivity index (χ0v) is 12.6. The molecule has 0 bridgehead atoms. The Bertz CT molecular complexity index is 356. The summed E-state index contributed by atoms with van der Waals surface area (Å²) >= 11 is 0. The van der Waals surface area contributed by atoms with Crippen LogP contribution in [0.2, 0.25) is 0 Å². The van der Waals surface area contributed by atoms with Crippen LogP contribution in [0, 0.1) is 5.41 Å². The van der Waals surface area contributed by atoms with Crippen molar-refractivity contribution in [3.05, 3.63) is 0 Å². The Balaban J connectivity index is 4.69. The van der Waals surface area contributed by atoms with Crippen LogP contribution in [0.4, 0.5) is 0 Å². The van der Waals surface area contributed by atoms with Gasteiger partial charge in [-0.3, -0.25) is 14.4 Å². The van der Waals surface area contributed by atoms with Crippen molar-refractivity contribution in [3.63, 3.8) is 0 Å². The van der Waals surface area contributed by atoms with Gasteiger partial charge in [0.15, 0.2) is 0 Å². The van der Waals surface area contributed by atoms with Crippen molar-refractivity contribution in [2.24, 2.45) is 5.41 Å². The van der Waals surface area contributed by atoms with Crippen molar-refractivity contribution in [2.75, 3.05) is 20.7 Å². The predicted molar refractivity (Wildman–Crippen MR) is 74.8 cm³/mol. The molecule has 3 amide bonds. The highest BCUT2D eigenvalue weighted by Gasteiger charge is 2.30. The summed E-state index contributed by atoms with van der Waals surface area (Å²) in [5.74, 6) is -0.859. The number of aliphatic hydroxyl groups excluding tert-OH is 1. The summed E-state index contributed by atoms with van der Waals surface area (Å²) in [5.41, 5.74) is -0.770. The molecule has 7 nitrogen and oxygen atoms in total. The number of likely N-dealkylation sites (N-methyl/N-ethyl adjacent to an activating group) is 1. The van der Waals surface area contributed by atoms with Gasteiger partial charge in [0.25, 0.3) is 0 Å². The van der Waals surface area contributed by atoms with Crippen molar-refractivity contribution in [3.8, 4) is 0 Å². The van der Waals surface area contributed by atoms with Gasteiger partial charge in [-0.05, 0) is 12.8 Å². The fourth-order valence-corrected chi connectivity index (χ4v) is 1.59. The molecule has 1 unspecified atom stereocenters. The van der Waals surface area contributed by atoms with Gasteiger partial charge >= 0.3 is 0 Å². The van der Waals surface area contributed by atoms with Crippen LogP contribution in [-0.4, -0.2) is 49.6 Å². The summed E-state index contributed by atoms with van der Waals surface area (Å²) < 4.78 is 0. The van der Waals surface area contributed by atoms with Crippen molar-refractivity contribution >= 4 is 17.7 Å². The minimum absolute atomic E-state index is 0.108. The van der Waals surface area contributed by atoms with E-state index in [-0.39, 0.29) is 37.2 Å². The summed E-state index contributed by atoms with van der Waals surface area (Å²) in [6, 6.07) is -0.761. The van der Waals surface area contributed by atoms with Gasteiger partial charge in [0.1, 0.15) is 6.04 Å². The first-order valence-corrected chi connectivity index (χ1v) is 6.62. The number of aliphatic hydroxyl groups is 1. The molecule has 0 aromatic rings. The second-order valence-electron chi connectivity index (χ2n) is 5.21. The largest absolute Gasteiger partial charge is 0.396 e. The molecule has 7 heteroatoms. The van der Waals surface area contributed by atoms with E-state index in [1.807, 2.05) is 0 Å². The first kappa shape index (κ1) is 18.4. The van der Waals surface area contributed by atoms with Gasteiger partial charge in [-0.2, -0.15) is 0 Å². The molecule has 4 N–H and O–H groups in total. The molecule has 0 rings (SSSR count). The number of hydrogen-bond donors (Lipinski definition) is 4. The fourth-order valence-electron chi connectivity index (χ4n) is 1.59. The molecule has 0 saturated carbocycles. The number of amides is 3. The minimum Gasteiger partial charge on any atom is -0.396 e. The van der Waals surface area contributed by atoms with E-state index >= 15 is 0 Å². The normalized spacial score (nSPS) is 12.4. The van der Waals surface area contributed by atoms with Crippen LogP contribution in [0.25, 0.3) is 0 Å². The third kappa shape index (κ3) is 6.01. The molecule has 116 valence electrons. The molecule has 0 aromatic carbocycles. The van der Waals surface area contributed by atoms with Crippen LogP contribution in [0.5, 0.6) is 0 Å². The highest BCUT2D eigenvalue weighted by molar-refractivity contribution is 5.90. The van der Waals surface area contributed by atoms with Gasteiger partial charge in [-0.25, -0.2) is 0 Å². The molecule has 0 radical (unpaired) electrons. The Kier molecular flexibility index (Phi) is 7.83. The first-order chi connectivity index (χ1) is 9.28. The summed E-state index contributed by atoms with van der Waals surface area (Å²) in [7, 11) is 2.99. The van der Waals surface area contributed by atoms with E-state index in [1.54, 1.807) is 13.8 Å². The zero-order chi connectivity index (χ0) is 15.8. The lowest BCUT2D eigenvalue weighted by Gasteiger charge is -2.26. The predicted octanol–water partition coefficient (Wildman–Crippen LogP) is -0.848. The third-order valence-corrected chi connectivity index (χ3v) is 3.16. The quantitative estimate of drug-likeness (QED) is 0.466.